The number of alkyl halides is 6. The van der Waals surface area contributed by atoms with Crippen molar-refractivity contribution in [1.29, 1.82) is 0 Å². The summed E-state index contributed by atoms with van der Waals surface area (Å²) >= 11 is 7.10. The van der Waals surface area contributed by atoms with Gasteiger partial charge in [0.15, 0.2) is 0 Å². The Bertz CT molecular complexity index is 1230. The van der Waals surface area contributed by atoms with Crippen LogP contribution in [0.4, 0.5) is 26.3 Å². The molecule has 0 saturated heterocycles. The second kappa shape index (κ2) is 8.23. The van der Waals surface area contributed by atoms with Crippen molar-refractivity contribution >= 4 is 52.0 Å². The van der Waals surface area contributed by atoms with Crippen LogP contribution in [0.3, 0.4) is 0 Å². The highest BCUT2D eigenvalue weighted by atomic mass is 79.9. The Labute approximate surface area is 196 Å². The fourth-order valence-corrected chi connectivity index (χ4v) is 5.00. The van der Waals surface area contributed by atoms with Gasteiger partial charge < -0.3 is 0 Å². The first kappa shape index (κ1) is 22.9. The third-order valence-corrected chi connectivity index (χ3v) is 6.77. The molecule has 0 saturated carbocycles. The summed E-state index contributed by atoms with van der Waals surface area (Å²) in [7, 11) is 0. The molecule has 4 rings (SSSR count). The second-order valence-corrected chi connectivity index (χ2v) is 8.66. The lowest BCUT2D eigenvalue weighted by atomic mass is 9.94. The molecule has 1 aliphatic carbocycles. The Morgan fingerprint density at radius 3 is 1.59 bits per heavy atom. The van der Waals surface area contributed by atoms with Crippen LogP contribution >= 0.6 is 31.9 Å². The molecule has 0 fully saturated rings. The number of benzene rings is 3. The number of hydrogen-bond acceptors (Lipinski definition) is 0. The first-order valence-corrected chi connectivity index (χ1v) is 10.8. The molecule has 32 heavy (non-hydrogen) atoms. The monoisotopic (exact) mass is 572 g/mol. The van der Waals surface area contributed by atoms with Crippen LogP contribution < -0.4 is 0 Å². The maximum Gasteiger partial charge on any atom is 0.416 e. The molecule has 0 aromatic heterocycles. The molecule has 8 heteroatoms. The van der Waals surface area contributed by atoms with E-state index in [9.17, 15) is 26.3 Å². The number of rotatable bonds is 2. The molecule has 0 amide bonds. The van der Waals surface area contributed by atoms with E-state index in [4.69, 9.17) is 0 Å². The van der Waals surface area contributed by atoms with E-state index in [1.54, 1.807) is 0 Å². The summed E-state index contributed by atoms with van der Waals surface area (Å²) in [4.78, 5) is 0. The average Bonchev–Trinajstić information content (AvgIpc) is 3.05. The van der Waals surface area contributed by atoms with Gasteiger partial charge in [0.1, 0.15) is 0 Å². The van der Waals surface area contributed by atoms with Gasteiger partial charge in [0.05, 0.1) is 11.1 Å². The minimum Gasteiger partial charge on any atom is -0.166 e. The topological polar surface area (TPSA) is 0 Å². The van der Waals surface area contributed by atoms with Crippen molar-refractivity contribution in [2.75, 3.05) is 0 Å². The molecule has 0 radical (unpaired) electrons. The van der Waals surface area contributed by atoms with Crippen molar-refractivity contribution in [2.24, 2.45) is 0 Å². The third-order valence-electron chi connectivity index (χ3n) is 5.09. The molecular formula is C24H12Br2F6. The van der Waals surface area contributed by atoms with Crippen LogP contribution in [0.1, 0.15) is 33.4 Å². The van der Waals surface area contributed by atoms with Gasteiger partial charge >= 0.3 is 12.4 Å². The molecular weight excluding hydrogens is 562 g/mol. The Kier molecular flexibility index (Phi) is 5.88. The minimum absolute atomic E-state index is 0.509. The number of hydrogen-bond donors (Lipinski definition) is 0. The van der Waals surface area contributed by atoms with Gasteiger partial charge in [-0.1, -0.05) is 48.5 Å². The van der Waals surface area contributed by atoms with Crippen LogP contribution in [-0.2, 0) is 12.4 Å². The summed E-state index contributed by atoms with van der Waals surface area (Å²) in [5.74, 6) is 0. The zero-order valence-corrected chi connectivity index (χ0v) is 19.1. The lowest BCUT2D eigenvalue weighted by Crippen LogP contribution is -2.04. The smallest absolute Gasteiger partial charge is 0.166 e. The van der Waals surface area contributed by atoms with Crippen molar-refractivity contribution in [3.05, 3.63) is 106 Å². The van der Waals surface area contributed by atoms with Gasteiger partial charge in [-0.2, -0.15) is 26.3 Å². The standard InChI is InChI=1S/C24H12Br2F6/c25-21(14-7-11-16(12-8-14)24(30,31)32)20-17-3-1-2-4-18(17)22(26)19(20)13-5-9-15(10-6-13)23(27,28)29/h1-12H/b21-20-. The largest absolute Gasteiger partial charge is 0.416 e. The van der Waals surface area contributed by atoms with Gasteiger partial charge in [0, 0.05) is 20.1 Å². The van der Waals surface area contributed by atoms with E-state index in [0.717, 1.165) is 35.4 Å². The fourth-order valence-electron chi connectivity index (χ4n) is 3.55. The molecule has 0 heterocycles. The van der Waals surface area contributed by atoms with Gasteiger partial charge in [0.2, 0.25) is 0 Å². The molecule has 3 aromatic carbocycles. The van der Waals surface area contributed by atoms with E-state index in [0.29, 0.717) is 31.2 Å². The summed E-state index contributed by atoms with van der Waals surface area (Å²) in [6.45, 7) is 0. The fraction of sp³-hybridized carbons (Fsp3) is 0.0833. The average molecular weight is 574 g/mol. The van der Waals surface area contributed by atoms with Gasteiger partial charge in [-0.3, -0.25) is 0 Å². The van der Waals surface area contributed by atoms with Crippen molar-refractivity contribution in [1.82, 2.24) is 0 Å². The van der Waals surface area contributed by atoms with Gasteiger partial charge in [-0.05, 0) is 78.4 Å². The molecule has 0 atom stereocenters. The number of fused-ring (bicyclic) bond motifs is 1. The molecule has 164 valence electrons. The maximum atomic E-state index is 13.0. The Morgan fingerprint density at radius 1 is 0.625 bits per heavy atom. The summed E-state index contributed by atoms with van der Waals surface area (Å²) < 4.78 is 79.1. The van der Waals surface area contributed by atoms with Crippen LogP contribution in [0.15, 0.2) is 72.8 Å². The van der Waals surface area contributed by atoms with E-state index >= 15 is 0 Å². The highest BCUT2D eigenvalue weighted by Gasteiger charge is 2.33. The van der Waals surface area contributed by atoms with Gasteiger partial charge in [0.25, 0.3) is 0 Å². The zero-order valence-electron chi connectivity index (χ0n) is 16.0. The summed E-state index contributed by atoms with van der Waals surface area (Å²) in [6.07, 6.45) is -8.91. The molecule has 0 N–H and O–H groups in total. The van der Waals surface area contributed by atoms with E-state index in [1.165, 1.54) is 24.3 Å². The predicted octanol–water partition coefficient (Wildman–Crippen LogP) is 9.26. The zero-order chi connectivity index (χ0) is 23.3. The lowest BCUT2D eigenvalue weighted by molar-refractivity contribution is -0.138. The van der Waals surface area contributed by atoms with Crippen LogP contribution in [0.2, 0.25) is 0 Å². The van der Waals surface area contributed by atoms with Gasteiger partial charge in [-0.15, -0.1) is 0 Å². The van der Waals surface area contributed by atoms with E-state index in [2.05, 4.69) is 31.9 Å². The minimum atomic E-state index is -4.46. The normalized spacial score (nSPS) is 15.8. The van der Waals surface area contributed by atoms with Crippen molar-refractivity contribution in [2.45, 2.75) is 12.4 Å². The lowest BCUT2D eigenvalue weighted by Gasteiger charge is -2.14. The Balaban J connectivity index is 1.88. The van der Waals surface area contributed by atoms with Crippen LogP contribution in [0, 0.1) is 0 Å². The molecule has 0 bridgehead atoms. The van der Waals surface area contributed by atoms with E-state index in [-0.39, 0.29) is 0 Å². The molecule has 3 aromatic rings. The summed E-state index contributed by atoms with van der Waals surface area (Å²) in [5, 5.41) is 0. The van der Waals surface area contributed by atoms with Gasteiger partial charge in [-0.25, -0.2) is 0 Å². The first-order chi connectivity index (χ1) is 15.0. The predicted molar refractivity (Wildman–Crippen MR) is 121 cm³/mol. The molecule has 1 aliphatic rings. The Morgan fingerprint density at radius 2 is 1.09 bits per heavy atom. The van der Waals surface area contributed by atoms with Crippen molar-refractivity contribution in [3.63, 3.8) is 0 Å². The van der Waals surface area contributed by atoms with Crippen molar-refractivity contribution in [3.8, 4) is 0 Å². The quantitative estimate of drug-likeness (QED) is 0.268. The highest BCUT2D eigenvalue weighted by Crippen LogP contribution is 2.53. The van der Waals surface area contributed by atoms with Crippen LogP contribution in [0.25, 0.3) is 20.1 Å². The van der Waals surface area contributed by atoms with Crippen molar-refractivity contribution < 1.29 is 26.3 Å². The summed E-state index contributed by atoms with van der Waals surface area (Å²) in [6, 6.07) is 16.9. The highest BCUT2D eigenvalue weighted by molar-refractivity contribution is 9.15. The Hall–Kier alpha value is -2.32. The number of allylic oxidation sites excluding steroid dienone is 2. The first-order valence-electron chi connectivity index (χ1n) is 9.23. The van der Waals surface area contributed by atoms with E-state index in [1.807, 2.05) is 24.3 Å². The molecule has 0 nitrogen and oxygen atoms in total. The number of halogens is 8. The van der Waals surface area contributed by atoms with Crippen LogP contribution in [0.5, 0.6) is 0 Å². The molecule has 0 unspecified atom stereocenters. The maximum absolute atomic E-state index is 13.0. The van der Waals surface area contributed by atoms with E-state index < -0.39 is 23.5 Å². The van der Waals surface area contributed by atoms with Crippen LogP contribution in [-0.4, -0.2) is 0 Å². The summed E-state index contributed by atoms with van der Waals surface area (Å²) in [5.41, 5.74) is 2.48. The third kappa shape index (κ3) is 4.18. The second-order valence-electron chi connectivity index (χ2n) is 7.07. The molecule has 0 aliphatic heterocycles. The molecule has 0 spiro atoms. The SMILES string of the molecule is FC(F)(F)c1ccc(C2=C(Br)c3ccccc3/C2=C(/Br)c2ccc(C(F)(F)F)cc2)cc1.